The first-order valence-corrected chi connectivity index (χ1v) is 15.7. The molecule has 0 bridgehead atoms. The topological polar surface area (TPSA) is 153 Å². The van der Waals surface area contributed by atoms with Gasteiger partial charge in [-0.2, -0.15) is 20.5 Å². The largest absolute Gasteiger partial charge is 0.420 e. The Morgan fingerprint density at radius 3 is 2.02 bits per heavy atom. The van der Waals surface area contributed by atoms with Gasteiger partial charge in [-0.1, -0.05) is 6.42 Å². The van der Waals surface area contributed by atoms with E-state index in [1.807, 2.05) is 11.8 Å². The summed E-state index contributed by atoms with van der Waals surface area (Å²) < 4.78 is 73.4. The van der Waals surface area contributed by atoms with E-state index >= 15 is 0 Å². The molecule has 4 N–H and O–H groups in total. The fourth-order valence-electron chi connectivity index (χ4n) is 4.52. The van der Waals surface area contributed by atoms with E-state index in [9.17, 15) is 36.7 Å². The van der Waals surface area contributed by atoms with Crippen molar-refractivity contribution in [3.05, 3.63) is 29.3 Å². The van der Waals surface area contributed by atoms with Gasteiger partial charge in [0, 0.05) is 43.0 Å². The lowest BCUT2D eigenvalue weighted by Crippen LogP contribution is -2.36. The third-order valence-corrected chi connectivity index (χ3v) is 8.31. The molecule has 252 valence electrons. The van der Waals surface area contributed by atoms with Crippen molar-refractivity contribution >= 4 is 35.6 Å². The fraction of sp³-hybridized carbons (Fsp3) is 0.643. The highest BCUT2D eigenvalue weighted by atomic mass is 32.2. The van der Waals surface area contributed by atoms with Gasteiger partial charge in [-0.25, -0.2) is 13.6 Å². The van der Waals surface area contributed by atoms with Gasteiger partial charge in [-0.05, 0) is 12.8 Å². The zero-order valence-corrected chi connectivity index (χ0v) is 25.4. The summed E-state index contributed by atoms with van der Waals surface area (Å²) in [5.41, 5.74) is 0. The number of hydrogen-bond acceptors (Lipinski definition) is 9. The predicted molar refractivity (Wildman–Crippen MR) is 154 cm³/mol. The van der Waals surface area contributed by atoms with Gasteiger partial charge in [-0.15, -0.1) is 0 Å². The molecule has 0 aromatic heterocycles. The summed E-state index contributed by atoms with van der Waals surface area (Å²) in [6.45, 7) is 1.31. The van der Waals surface area contributed by atoms with Gasteiger partial charge in [0.05, 0.1) is 58.1 Å². The monoisotopic (exact) mass is 666 g/mol. The molecular formula is C28H38F4N4O8S. The second kappa shape index (κ2) is 19.4. The van der Waals surface area contributed by atoms with Gasteiger partial charge >= 0.3 is 12.0 Å². The summed E-state index contributed by atoms with van der Waals surface area (Å²) in [6, 6.07) is 0.270. The minimum absolute atomic E-state index is 0.00591. The van der Waals surface area contributed by atoms with E-state index in [0.29, 0.717) is 24.8 Å². The van der Waals surface area contributed by atoms with Crippen LogP contribution in [0.15, 0.2) is 6.07 Å². The Balaban J connectivity index is 1.06. The van der Waals surface area contributed by atoms with Crippen LogP contribution in [0.1, 0.15) is 38.5 Å². The molecule has 0 unspecified atom stereocenters. The number of nitrogens with one attached hydrogen (secondary N) is 4. The minimum Gasteiger partial charge on any atom is -0.420 e. The molecule has 0 spiro atoms. The van der Waals surface area contributed by atoms with Crippen LogP contribution in [-0.4, -0.2) is 99.6 Å². The zero-order chi connectivity index (χ0) is 32.6. The number of unbranched alkanes of at least 4 members (excludes halogenated alkanes) is 1. The summed E-state index contributed by atoms with van der Waals surface area (Å²) in [4.78, 5) is 47.0. The quantitative estimate of drug-likeness (QED) is 0.0385. The molecule has 45 heavy (non-hydrogen) atoms. The second-order valence-electron chi connectivity index (χ2n) is 10.2. The average Bonchev–Trinajstić information content (AvgIpc) is 3.56. The fourth-order valence-corrected chi connectivity index (χ4v) is 6.07. The molecule has 12 nitrogen and oxygen atoms in total. The molecule has 2 heterocycles. The van der Waals surface area contributed by atoms with Gasteiger partial charge in [0.25, 0.3) is 0 Å². The van der Waals surface area contributed by atoms with Crippen LogP contribution >= 0.6 is 11.8 Å². The summed E-state index contributed by atoms with van der Waals surface area (Å²) in [5.74, 6) is -8.95. The first-order valence-electron chi connectivity index (χ1n) is 14.6. The predicted octanol–water partition coefficient (Wildman–Crippen LogP) is 1.94. The highest BCUT2D eigenvalue weighted by molar-refractivity contribution is 8.00. The third-order valence-electron chi connectivity index (χ3n) is 6.81. The molecule has 1 aromatic carbocycles. The van der Waals surface area contributed by atoms with Crippen molar-refractivity contribution in [3.8, 4) is 5.75 Å². The first-order chi connectivity index (χ1) is 21.7. The maximum absolute atomic E-state index is 13.5. The van der Waals surface area contributed by atoms with Crippen molar-refractivity contribution in [1.82, 2.24) is 21.3 Å². The number of rotatable bonds is 21. The van der Waals surface area contributed by atoms with Crippen molar-refractivity contribution in [2.75, 3.05) is 58.5 Å². The van der Waals surface area contributed by atoms with Crippen LogP contribution in [0.4, 0.5) is 22.4 Å². The molecule has 0 saturated carbocycles. The molecule has 2 saturated heterocycles. The summed E-state index contributed by atoms with van der Waals surface area (Å²) in [6.07, 6.45) is 2.73. The Morgan fingerprint density at radius 1 is 0.800 bits per heavy atom. The van der Waals surface area contributed by atoms with Crippen LogP contribution in [0.5, 0.6) is 5.75 Å². The van der Waals surface area contributed by atoms with Gasteiger partial charge in [0.1, 0.15) is 0 Å². The van der Waals surface area contributed by atoms with E-state index in [2.05, 4.69) is 26.0 Å². The average molecular weight is 667 g/mol. The number of carbonyl (C=O) groups is 4. The van der Waals surface area contributed by atoms with E-state index in [1.165, 1.54) is 0 Å². The van der Waals surface area contributed by atoms with Gasteiger partial charge in [0.15, 0.2) is 11.6 Å². The summed E-state index contributed by atoms with van der Waals surface area (Å²) in [7, 11) is 0. The van der Waals surface area contributed by atoms with Gasteiger partial charge in [-0.3, -0.25) is 14.4 Å². The van der Waals surface area contributed by atoms with Gasteiger partial charge < -0.3 is 40.2 Å². The Kier molecular flexibility index (Phi) is 15.6. The van der Waals surface area contributed by atoms with E-state index in [0.717, 1.165) is 25.0 Å². The first kappa shape index (κ1) is 36.3. The molecule has 1 aromatic rings. The Hall–Kier alpha value is -3.15. The lowest BCUT2D eigenvalue weighted by atomic mass is 10.0. The maximum atomic E-state index is 13.5. The number of ether oxygens (including phenoxy) is 4. The van der Waals surface area contributed by atoms with Crippen LogP contribution in [0.3, 0.4) is 0 Å². The van der Waals surface area contributed by atoms with E-state index < -0.39 is 41.4 Å². The number of esters is 1. The van der Waals surface area contributed by atoms with Crippen molar-refractivity contribution < 1.29 is 55.7 Å². The molecule has 3 rings (SSSR count). The Labute approximate surface area is 262 Å². The number of urea groups is 1. The number of amides is 4. The number of carbonyl (C=O) groups excluding carboxylic acids is 4. The normalized spacial score (nSPS) is 18.7. The van der Waals surface area contributed by atoms with Crippen molar-refractivity contribution in [3.63, 3.8) is 0 Å². The molecule has 2 fully saturated rings. The van der Waals surface area contributed by atoms with Crippen LogP contribution in [0.2, 0.25) is 0 Å². The highest BCUT2D eigenvalue weighted by Crippen LogP contribution is 2.33. The molecule has 2 aliphatic heterocycles. The second-order valence-corrected chi connectivity index (χ2v) is 11.4. The molecular weight excluding hydrogens is 628 g/mol. The number of benzene rings is 1. The lowest BCUT2D eigenvalue weighted by Gasteiger charge is -2.16. The van der Waals surface area contributed by atoms with Crippen molar-refractivity contribution in [1.29, 1.82) is 0 Å². The summed E-state index contributed by atoms with van der Waals surface area (Å²) >= 11 is 1.85. The zero-order valence-electron chi connectivity index (χ0n) is 24.6. The van der Waals surface area contributed by atoms with Crippen LogP contribution in [0, 0.1) is 23.3 Å². The molecule has 2 aliphatic rings. The van der Waals surface area contributed by atoms with Gasteiger partial charge in [0.2, 0.25) is 29.2 Å². The number of hydrogen-bond donors (Lipinski definition) is 4. The molecule has 3 atom stereocenters. The SMILES string of the molecule is O=C(CCCC[C@@H]1SC[C@@H]2NC(=O)N[C@@H]21)NCCNC(=O)CCOCCOCCOCCC(=O)Oc1c(F)c(F)cc(F)c1F. The van der Waals surface area contributed by atoms with Crippen LogP contribution < -0.4 is 26.0 Å². The molecule has 0 radical (unpaired) electrons. The molecule has 4 amide bonds. The molecule has 0 aliphatic carbocycles. The number of thioether (sulfide) groups is 1. The standard InChI is InChI=1S/C28H38F4N4O8S/c29-17-15-18(30)25(32)27(24(17)31)44-23(39)6-10-42-12-14-43-13-11-41-9-5-22(38)34-8-7-33-21(37)4-2-1-3-20-26-19(16-45-20)35-28(40)36-26/h15,19-20,26H,1-14,16H2,(H,33,37)(H,34,38)(H2,35,36,40)/t19-,20-,26-/m0/s1. The number of halogens is 4. The van der Waals surface area contributed by atoms with Crippen LogP contribution in [0.25, 0.3) is 0 Å². The summed E-state index contributed by atoms with van der Waals surface area (Å²) in [5, 5.41) is 11.7. The van der Waals surface area contributed by atoms with E-state index in [-0.39, 0.29) is 82.1 Å². The Morgan fingerprint density at radius 2 is 1.38 bits per heavy atom. The van der Waals surface area contributed by atoms with E-state index in [1.54, 1.807) is 0 Å². The molecule has 17 heteroatoms. The van der Waals surface area contributed by atoms with E-state index in [4.69, 9.17) is 14.2 Å². The van der Waals surface area contributed by atoms with Crippen molar-refractivity contribution in [2.45, 2.75) is 55.9 Å². The Bertz CT molecular complexity index is 1140. The smallest absolute Gasteiger partial charge is 0.315 e. The lowest BCUT2D eigenvalue weighted by molar-refractivity contribution is -0.136. The number of fused-ring (bicyclic) bond motifs is 1. The van der Waals surface area contributed by atoms with Crippen molar-refractivity contribution in [2.24, 2.45) is 0 Å². The maximum Gasteiger partial charge on any atom is 0.315 e. The van der Waals surface area contributed by atoms with Crippen LogP contribution in [-0.2, 0) is 28.6 Å². The minimum atomic E-state index is -1.81. The highest BCUT2D eigenvalue weighted by Gasteiger charge is 2.42. The third kappa shape index (κ3) is 12.6.